The van der Waals surface area contributed by atoms with Gasteiger partial charge >= 0.3 is 0 Å². The second-order valence-electron chi connectivity index (χ2n) is 2.73. The maximum atomic E-state index is 11.4. The van der Waals surface area contributed by atoms with Crippen LogP contribution in [0.1, 0.15) is 20.7 Å². The number of carbonyl (C=O) groups is 2. The van der Waals surface area contributed by atoms with Gasteiger partial charge in [0.15, 0.2) is 5.78 Å². The number of fused-ring (bicyclic) bond motifs is 1. The van der Waals surface area contributed by atoms with E-state index in [1.165, 1.54) is 0 Å². The molecule has 64 valence electrons. The van der Waals surface area contributed by atoms with Gasteiger partial charge in [-0.25, -0.2) is 0 Å². The van der Waals surface area contributed by atoms with Crippen LogP contribution in [-0.4, -0.2) is 11.6 Å². The predicted molar refractivity (Wildman–Crippen MR) is 49.0 cm³/mol. The van der Waals surface area contributed by atoms with Crippen LogP contribution in [0.4, 0.5) is 0 Å². The molecule has 2 nitrogen and oxygen atoms in total. The Morgan fingerprint density at radius 3 is 2.31 bits per heavy atom. The summed E-state index contributed by atoms with van der Waals surface area (Å²) in [5.74, 6) is -0.489. The van der Waals surface area contributed by atoms with E-state index in [1.807, 2.05) is 0 Å². The molecule has 1 aliphatic rings. The molecule has 0 saturated heterocycles. The molecule has 0 aliphatic heterocycles. The molecule has 0 unspecified atom stereocenters. The highest BCUT2D eigenvalue weighted by molar-refractivity contribution is 6.48. The van der Waals surface area contributed by atoms with Crippen LogP contribution in [0.2, 0.25) is 0 Å². The lowest BCUT2D eigenvalue weighted by Gasteiger charge is -2.09. The van der Waals surface area contributed by atoms with Gasteiger partial charge in [-0.05, 0) is 0 Å². The second-order valence-corrected chi connectivity index (χ2v) is 3.14. The van der Waals surface area contributed by atoms with Crippen molar-refractivity contribution in [1.82, 2.24) is 0 Å². The van der Waals surface area contributed by atoms with Crippen molar-refractivity contribution in [1.29, 1.82) is 0 Å². The second kappa shape index (κ2) is 2.82. The molecular formula is C10H5ClO2. The molecule has 0 spiro atoms. The van der Waals surface area contributed by atoms with Crippen LogP contribution in [0.3, 0.4) is 0 Å². The van der Waals surface area contributed by atoms with Gasteiger partial charge < -0.3 is 0 Å². The molecule has 0 atom stereocenters. The van der Waals surface area contributed by atoms with Gasteiger partial charge in [-0.15, -0.1) is 0 Å². The molecule has 0 N–H and O–H groups in total. The minimum atomic E-state index is -0.281. The molecular weight excluding hydrogens is 188 g/mol. The Bertz CT molecular complexity index is 432. The zero-order valence-electron chi connectivity index (χ0n) is 6.58. The fourth-order valence-electron chi connectivity index (χ4n) is 1.28. The SMILES string of the molecule is O=C1C=C(Cl)C(=O)c2ccccc21. The quantitative estimate of drug-likeness (QED) is 0.632. The van der Waals surface area contributed by atoms with Crippen molar-refractivity contribution >= 4 is 23.2 Å². The summed E-state index contributed by atoms with van der Waals surface area (Å²) in [6.07, 6.45) is 1.16. The van der Waals surface area contributed by atoms with Crippen molar-refractivity contribution in [3.05, 3.63) is 46.5 Å². The van der Waals surface area contributed by atoms with E-state index < -0.39 is 0 Å². The van der Waals surface area contributed by atoms with E-state index in [0.29, 0.717) is 11.1 Å². The summed E-state index contributed by atoms with van der Waals surface area (Å²) >= 11 is 5.58. The maximum Gasteiger partial charge on any atom is 0.205 e. The van der Waals surface area contributed by atoms with Crippen molar-refractivity contribution in [2.24, 2.45) is 0 Å². The summed E-state index contributed by atoms with van der Waals surface area (Å²) in [7, 11) is 0. The molecule has 0 amide bonds. The highest BCUT2D eigenvalue weighted by Gasteiger charge is 2.23. The molecule has 1 aliphatic carbocycles. The minimum Gasteiger partial charge on any atom is -0.289 e. The average Bonchev–Trinajstić information content (AvgIpc) is 2.15. The Morgan fingerprint density at radius 1 is 1.00 bits per heavy atom. The number of allylic oxidation sites excluding steroid dienone is 2. The largest absolute Gasteiger partial charge is 0.289 e. The van der Waals surface area contributed by atoms with Gasteiger partial charge in [0.25, 0.3) is 0 Å². The van der Waals surface area contributed by atoms with Crippen LogP contribution in [0.5, 0.6) is 0 Å². The zero-order chi connectivity index (χ0) is 9.42. The number of hydrogen-bond donors (Lipinski definition) is 0. The first-order valence-corrected chi connectivity index (χ1v) is 4.13. The number of Topliss-reactive ketones (excluding diaryl/α,β-unsaturated/α-hetero) is 1. The zero-order valence-corrected chi connectivity index (χ0v) is 7.34. The lowest BCUT2D eigenvalue weighted by Crippen LogP contribution is -2.13. The van der Waals surface area contributed by atoms with Gasteiger partial charge in [0.1, 0.15) is 0 Å². The van der Waals surface area contributed by atoms with Crippen molar-refractivity contribution < 1.29 is 9.59 Å². The van der Waals surface area contributed by atoms with Gasteiger partial charge in [0.2, 0.25) is 5.78 Å². The first-order chi connectivity index (χ1) is 6.20. The number of halogens is 1. The van der Waals surface area contributed by atoms with Crippen LogP contribution in [0, 0.1) is 0 Å². The van der Waals surface area contributed by atoms with Crippen LogP contribution < -0.4 is 0 Å². The van der Waals surface area contributed by atoms with Crippen LogP contribution in [0.15, 0.2) is 35.4 Å². The molecule has 2 rings (SSSR count). The van der Waals surface area contributed by atoms with E-state index in [-0.39, 0.29) is 16.6 Å². The van der Waals surface area contributed by atoms with E-state index in [4.69, 9.17) is 11.6 Å². The normalized spacial score (nSPS) is 15.3. The van der Waals surface area contributed by atoms with Gasteiger partial charge in [0.05, 0.1) is 5.03 Å². The van der Waals surface area contributed by atoms with Gasteiger partial charge in [0, 0.05) is 17.2 Å². The number of ketones is 2. The Hall–Kier alpha value is -1.41. The maximum absolute atomic E-state index is 11.4. The molecule has 3 heteroatoms. The van der Waals surface area contributed by atoms with E-state index >= 15 is 0 Å². The number of rotatable bonds is 0. The molecule has 1 aromatic carbocycles. The number of benzene rings is 1. The summed E-state index contributed by atoms with van der Waals surface area (Å²) in [6, 6.07) is 6.65. The molecule has 1 aromatic rings. The van der Waals surface area contributed by atoms with E-state index in [0.717, 1.165) is 6.08 Å². The van der Waals surface area contributed by atoms with Crippen LogP contribution in [0.25, 0.3) is 0 Å². The van der Waals surface area contributed by atoms with Crippen molar-refractivity contribution in [2.45, 2.75) is 0 Å². The Balaban J connectivity index is 2.69. The molecule has 13 heavy (non-hydrogen) atoms. The predicted octanol–water partition coefficient (Wildman–Crippen LogP) is 2.19. The molecule has 0 saturated carbocycles. The summed E-state index contributed by atoms with van der Waals surface area (Å²) < 4.78 is 0. The van der Waals surface area contributed by atoms with E-state index in [2.05, 4.69) is 0 Å². The van der Waals surface area contributed by atoms with Gasteiger partial charge in [-0.3, -0.25) is 9.59 Å². The van der Waals surface area contributed by atoms with Crippen molar-refractivity contribution in [3.8, 4) is 0 Å². The minimum absolute atomic E-state index is 0.0105. The summed E-state index contributed by atoms with van der Waals surface area (Å²) in [5.41, 5.74) is 0.817. The Labute approximate surface area is 79.8 Å². The molecule has 0 radical (unpaired) electrons. The topological polar surface area (TPSA) is 34.1 Å². The highest BCUT2D eigenvalue weighted by Crippen LogP contribution is 2.22. The van der Waals surface area contributed by atoms with Crippen molar-refractivity contribution in [3.63, 3.8) is 0 Å². The summed E-state index contributed by atoms with van der Waals surface area (Å²) in [5, 5.41) is -0.0105. The fourth-order valence-corrected chi connectivity index (χ4v) is 1.48. The first-order valence-electron chi connectivity index (χ1n) is 3.75. The van der Waals surface area contributed by atoms with Gasteiger partial charge in [-0.1, -0.05) is 35.9 Å². The third-order valence-electron chi connectivity index (χ3n) is 1.91. The highest BCUT2D eigenvalue weighted by atomic mass is 35.5. The third-order valence-corrected chi connectivity index (χ3v) is 2.19. The van der Waals surface area contributed by atoms with Crippen LogP contribution in [-0.2, 0) is 0 Å². The lowest BCUT2D eigenvalue weighted by atomic mass is 9.95. The Kier molecular flexibility index (Phi) is 1.78. The van der Waals surface area contributed by atoms with Crippen molar-refractivity contribution in [2.75, 3.05) is 0 Å². The summed E-state index contributed by atoms with van der Waals surface area (Å²) in [6.45, 7) is 0. The standard InChI is InChI=1S/C10H5ClO2/c11-8-5-9(12)6-3-1-2-4-7(6)10(8)13/h1-5H. The van der Waals surface area contributed by atoms with Crippen LogP contribution >= 0.6 is 11.6 Å². The molecule has 0 bridgehead atoms. The monoisotopic (exact) mass is 192 g/mol. The van der Waals surface area contributed by atoms with Gasteiger partial charge in [-0.2, -0.15) is 0 Å². The molecule has 0 aromatic heterocycles. The lowest BCUT2D eigenvalue weighted by molar-refractivity contribution is 0.0990. The average molecular weight is 193 g/mol. The number of carbonyl (C=O) groups excluding carboxylic acids is 2. The summed E-state index contributed by atoms with van der Waals surface area (Å²) in [4.78, 5) is 22.7. The fraction of sp³-hybridized carbons (Fsp3) is 0. The van der Waals surface area contributed by atoms with E-state index in [9.17, 15) is 9.59 Å². The first kappa shape index (κ1) is 8.20. The molecule has 0 heterocycles. The smallest absolute Gasteiger partial charge is 0.205 e. The van der Waals surface area contributed by atoms with E-state index in [1.54, 1.807) is 24.3 Å². The molecule has 0 fully saturated rings. The Morgan fingerprint density at radius 2 is 1.62 bits per heavy atom. The third kappa shape index (κ3) is 1.19. The number of hydrogen-bond acceptors (Lipinski definition) is 2.